The molecular formula is C8H17NO4S. The minimum absolute atomic E-state index is 0. The Labute approximate surface area is 84.7 Å². The number of nitrogens with zero attached hydrogens (tertiary/aromatic N) is 1. The standard InChI is InChI=1S/C8H17NO4S/c1-13-5-6-14(11,12)9-4-2-3-8(9)7-10/h8,10H,2-7H2,1H3. The van der Waals surface area contributed by atoms with Gasteiger partial charge in [0, 0.05) is 19.7 Å². The highest BCUT2D eigenvalue weighted by Gasteiger charge is 2.33. The molecule has 1 aliphatic heterocycles. The molecule has 0 amide bonds. The molecule has 1 unspecified atom stereocenters. The van der Waals surface area contributed by atoms with E-state index >= 15 is 0 Å². The van der Waals surface area contributed by atoms with E-state index in [2.05, 4.69) is 0 Å². The Bertz CT molecular complexity index is 265. The first-order valence-electron chi connectivity index (χ1n) is 4.71. The van der Waals surface area contributed by atoms with Crippen molar-refractivity contribution in [2.24, 2.45) is 0 Å². The maximum atomic E-state index is 11.7. The van der Waals surface area contributed by atoms with E-state index in [0.717, 1.165) is 12.8 Å². The summed E-state index contributed by atoms with van der Waals surface area (Å²) in [5, 5.41) is 8.99. The van der Waals surface area contributed by atoms with Crippen LogP contribution >= 0.6 is 0 Å². The SMILES string of the molecule is COCCS(=O)(=O)N1CCCC1CO. The van der Waals surface area contributed by atoms with Gasteiger partial charge in [-0.05, 0) is 12.8 Å². The highest BCUT2D eigenvalue weighted by Crippen LogP contribution is 2.20. The number of methoxy groups -OCH3 is 1. The van der Waals surface area contributed by atoms with Crippen LogP contribution in [0.3, 0.4) is 0 Å². The second-order valence-corrected chi connectivity index (χ2v) is 5.44. The smallest absolute Gasteiger partial charge is 0.216 e. The summed E-state index contributed by atoms with van der Waals surface area (Å²) < 4.78 is 29.5. The average Bonchev–Trinajstić information content (AvgIpc) is 2.63. The molecule has 14 heavy (non-hydrogen) atoms. The molecule has 0 spiro atoms. The molecule has 0 aliphatic carbocycles. The Morgan fingerprint density at radius 3 is 2.86 bits per heavy atom. The lowest BCUT2D eigenvalue weighted by molar-refractivity contribution is 0.204. The molecular weight excluding hydrogens is 206 g/mol. The van der Waals surface area contributed by atoms with Crippen molar-refractivity contribution >= 4 is 10.0 Å². The van der Waals surface area contributed by atoms with Gasteiger partial charge in [0.25, 0.3) is 0 Å². The van der Waals surface area contributed by atoms with Crippen molar-refractivity contribution < 1.29 is 18.3 Å². The van der Waals surface area contributed by atoms with E-state index in [4.69, 9.17) is 9.84 Å². The van der Waals surface area contributed by atoms with Gasteiger partial charge in [-0.2, -0.15) is 4.31 Å². The Morgan fingerprint density at radius 1 is 1.57 bits per heavy atom. The van der Waals surface area contributed by atoms with Gasteiger partial charge in [0.2, 0.25) is 10.0 Å². The molecule has 1 heterocycles. The van der Waals surface area contributed by atoms with E-state index in [-0.39, 0.29) is 25.0 Å². The van der Waals surface area contributed by atoms with Crippen LogP contribution in [0.4, 0.5) is 0 Å². The van der Waals surface area contributed by atoms with Gasteiger partial charge in [-0.3, -0.25) is 0 Å². The molecule has 0 saturated carbocycles. The summed E-state index contributed by atoms with van der Waals surface area (Å²) in [5.41, 5.74) is 0. The molecule has 6 heteroatoms. The van der Waals surface area contributed by atoms with Gasteiger partial charge in [0.15, 0.2) is 0 Å². The number of ether oxygens (including phenoxy) is 1. The number of rotatable bonds is 5. The van der Waals surface area contributed by atoms with Gasteiger partial charge in [-0.15, -0.1) is 0 Å². The van der Waals surface area contributed by atoms with Crippen LogP contribution in [-0.4, -0.2) is 56.5 Å². The van der Waals surface area contributed by atoms with Crippen molar-refractivity contribution in [1.29, 1.82) is 0 Å². The van der Waals surface area contributed by atoms with Gasteiger partial charge in [0.1, 0.15) is 0 Å². The van der Waals surface area contributed by atoms with Crippen LogP contribution in [0.15, 0.2) is 0 Å². The lowest BCUT2D eigenvalue weighted by Gasteiger charge is -2.21. The molecule has 1 aliphatic rings. The Morgan fingerprint density at radius 2 is 2.29 bits per heavy atom. The van der Waals surface area contributed by atoms with Crippen molar-refractivity contribution in [2.75, 3.05) is 32.6 Å². The summed E-state index contributed by atoms with van der Waals surface area (Å²) >= 11 is 0. The second-order valence-electron chi connectivity index (χ2n) is 3.40. The predicted molar refractivity (Wildman–Crippen MR) is 52.5 cm³/mol. The number of hydrogen-bond acceptors (Lipinski definition) is 4. The molecule has 84 valence electrons. The zero-order valence-electron chi connectivity index (χ0n) is 8.35. The van der Waals surface area contributed by atoms with Gasteiger partial charge in [-0.1, -0.05) is 0 Å². The monoisotopic (exact) mass is 223 g/mol. The predicted octanol–water partition coefficient (Wildman–Crippen LogP) is -0.581. The molecule has 1 saturated heterocycles. The molecule has 1 atom stereocenters. The van der Waals surface area contributed by atoms with Crippen molar-refractivity contribution in [2.45, 2.75) is 18.9 Å². The van der Waals surface area contributed by atoms with Crippen molar-refractivity contribution in [3.05, 3.63) is 0 Å². The van der Waals surface area contributed by atoms with Gasteiger partial charge in [0.05, 0.1) is 19.0 Å². The molecule has 5 nitrogen and oxygen atoms in total. The van der Waals surface area contributed by atoms with Crippen LogP contribution in [0.5, 0.6) is 0 Å². The van der Waals surface area contributed by atoms with E-state index in [1.165, 1.54) is 11.4 Å². The first-order chi connectivity index (χ1) is 6.61. The van der Waals surface area contributed by atoms with Crippen LogP contribution in [0, 0.1) is 0 Å². The molecule has 1 rings (SSSR count). The highest BCUT2D eigenvalue weighted by molar-refractivity contribution is 7.89. The van der Waals surface area contributed by atoms with E-state index in [1.54, 1.807) is 0 Å². The van der Waals surface area contributed by atoms with Crippen molar-refractivity contribution in [3.63, 3.8) is 0 Å². The summed E-state index contributed by atoms with van der Waals surface area (Å²) in [6.45, 7) is 0.639. The molecule has 0 aromatic carbocycles. The maximum Gasteiger partial charge on any atom is 0.216 e. The third-order valence-electron chi connectivity index (χ3n) is 2.44. The average molecular weight is 223 g/mol. The fourth-order valence-corrected chi connectivity index (χ4v) is 3.31. The van der Waals surface area contributed by atoms with Gasteiger partial charge >= 0.3 is 0 Å². The third-order valence-corrected chi connectivity index (χ3v) is 4.31. The van der Waals surface area contributed by atoms with Gasteiger partial charge < -0.3 is 9.84 Å². The summed E-state index contributed by atoms with van der Waals surface area (Å²) in [4.78, 5) is 0. The fraction of sp³-hybridized carbons (Fsp3) is 1.00. The normalized spacial score (nSPS) is 24.3. The number of aliphatic hydroxyl groups excluding tert-OH is 1. The zero-order chi connectivity index (χ0) is 10.6. The van der Waals surface area contributed by atoms with Crippen molar-refractivity contribution in [3.8, 4) is 0 Å². The Balaban J connectivity index is 2.61. The lowest BCUT2D eigenvalue weighted by atomic mass is 10.2. The summed E-state index contributed by atoms with van der Waals surface area (Å²) in [6, 6.07) is -0.225. The molecule has 1 N–H and O–H groups in total. The van der Waals surface area contributed by atoms with E-state index in [1.807, 2.05) is 0 Å². The zero-order valence-corrected chi connectivity index (χ0v) is 9.16. The van der Waals surface area contributed by atoms with E-state index < -0.39 is 10.0 Å². The van der Waals surface area contributed by atoms with Crippen LogP contribution < -0.4 is 0 Å². The topological polar surface area (TPSA) is 66.8 Å². The quantitative estimate of drug-likeness (QED) is 0.677. The number of sulfonamides is 1. The maximum absolute atomic E-state index is 11.7. The first-order valence-corrected chi connectivity index (χ1v) is 6.32. The van der Waals surface area contributed by atoms with Crippen LogP contribution in [0.2, 0.25) is 0 Å². The molecule has 0 radical (unpaired) electrons. The number of hydrogen-bond donors (Lipinski definition) is 1. The van der Waals surface area contributed by atoms with Crippen LogP contribution in [0.1, 0.15) is 12.8 Å². The molecule has 1 fully saturated rings. The Kier molecular flexibility index (Phi) is 4.31. The summed E-state index contributed by atoms with van der Waals surface area (Å²) in [5.74, 6) is 0. The first kappa shape index (κ1) is 11.9. The molecule has 0 bridgehead atoms. The summed E-state index contributed by atoms with van der Waals surface area (Å²) in [7, 11) is -1.76. The van der Waals surface area contributed by atoms with Crippen LogP contribution in [-0.2, 0) is 14.8 Å². The van der Waals surface area contributed by atoms with Gasteiger partial charge in [-0.25, -0.2) is 8.42 Å². The third kappa shape index (κ3) is 2.66. The molecule has 0 aromatic heterocycles. The summed E-state index contributed by atoms with van der Waals surface area (Å²) in [6.07, 6.45) is 1.58. The van der Waals surface area contributed by atoms with Crippen molar-refractivity contribution in [1.82, 2.24) is 4.31 Å². The van der Waals surface area contributed by atoms with Crippen LogP contribution in [0.25, 0.3) is 0 Å². The largest absolute Gasteiger partial charge is 0.395 e. The fourth-order valence-electron chi connectivity index (χ4n) is 1.66. The molecule has 0 aromatic rings. The second kappa shape index (κ2) is 5.06. The minimum atomic E-state index is -3.24. The van der Waals surface area contributed by atoms with E-state index in [0.29, 0.717) is 6.54 Å². The van der Waals surface area contributed by atoms with E-state index in [9.17, 15) is 8.42 Å². The number of aliphatic hydroxyl groups is 1. The lowest BCUT2D eigenvalue weighted by Crippen LogP contribution is -2.39. The minimum Gasteiger partial charge on any atom is -0.395 e. The highest BCUT2D eigenvalue weighted by atomic mass is 32.2. The Hall–Kier alpha value is -0.170.